The Morgan fingerprint density at radius 1 is 1.24 bits per heavy atom. The highest BCUT2D eigenvalue weighted by Crippen LogP contribution is 2.36. The van der Waals surface area contributed by atoms with Crippen LogP contribution in [0.4, 0.5) is 10.5 Å². The van der Waals surface area contributed by atoms with Gasteiger partial charge in [-0.15, -0.1) is 5.10 Å². The Kier molecular flexibility index (Phi) is 5.41. The van der Waals surface area contributed by atoms with E-state index in [1.54, 1.807) is 12.1 Å². The summed E-state index contributed by atoms with van der Waals surface area (Å²) < 4.78 is 1.85. The van der Waals surface area contributed by atoms with Crippen molar-refractivity contribution in [3.63, 3.8) is 0 Å². The van der Waals surface area contributed by atoms with E-state index in [1.165, 1.54) is 0 Å². The number of amides is 2. The van der Waals surface area contributed by atoms with Crippen molar-refractivity contribution in [3.8, 4) is 17.1 Å². The normalized spacial score (nSPS) is 14.4. The molecule has 4 rings (SSSR count). The molecular formula is C21H24N6O2. The number of carbonyl (C=O) groups is 1. The van der Waals surface area contributed by atoms with Gasteiger partial charge in [-0.05, 0) is 72.9 Å². The van der Waals surface area contributed by atoms with E-state index >= 15 is 0 Å². The second kappa shape index (κ2) is 8.30. The topological polar surface area (TPSA) is 105 Å². The third-order valence-electron chi connectivity index (χ3n) is 4.94. The molecule has 1 fully saturated rings. The van der Waals surface area contributed by atoms with Crippen LogP contribution >= 0.6 is 0 Å². The quantitative estimate of drug-likeness (QED) is 0.570. The lowest BCUT2D eigenvalue weighted by atomic mass is 10.1. The highest BCUT2D eigenvalue weighted by Gasteiger charge is 2.28. The highest BCUT2D eigenvalue weighted by molar-refractivity contribution is 5.90. The molecule has 1 aliphatic rings. The molecule has 1 aromatic heterocycles. The molecule has 2 aromatic carbocycles. The summed E-state index contributed by atoms with van der Waals surface area (Å²) in [6, 6.07) is 14.8. The molecule has 1 heterocycles. The van der Waals surface area contributed by atoms with Crippen LogP contribution in [-0.4, -0.2) is 37.4 Å². The van der Waals surface area contributed by atoms with Gasteiger partial charge in [-0.1, -0.05) is 24.3 Å². The smallest absolute Gasteiger partial charge is 0.319 e. The van der Waals surface area contributed by atoms with E-state index in [0.717, 1.165) is 42.6 Å². The maximum Gasteiger partial charge on any atom is 0.319 e. The average Bonchev–Trinajstić information content (AvgIpc) is 3.44. The first-order valence-corrected chi connectivity index (χ1v) is 9.82. The summed E-state index contributed by atoms with van der Waals surface area (Å²) in [7, 11) is 0. The number of hydrogen-bond acceptors (Lipinski definition) is 5. The summed E-state index contributed by atoms with van der Waals surface area (Å²) in [6.45, 7) is 1.97. The number of aromatic hydroxyl groups is 1. The van der Waals surface area contributed by atoms with Crippen LogP contribution in [0.1, 0.15) is 37.8 Å². The van der Waals surface area contributed by atoms with Crippen molar-refractivity contribution in [1.82, 2.24) is 25.5 Å². The lowest BCUT2D eigenvalue weighted by Gasteiger charge is -2.15. The SMILES string of the molecule is CC(CCc1ccc(O)cc1)NC(=O)Nc1cccc(-c2nnnn2C2CC2)c1. The predicted octanol–water partition coefficient (Wildman–Crippen LogP) is 3.52. The van der Waals surface area contributed by atoms with Gasteiger partial charge in [0, 0.05) is 17.3 Å². The van der Waals surface area contributed by atoms with Crippen LogP contribution in [0.15, 0.2) is 48.5 Å². The first kappa shape index (κ1) is 18.9. The van der Waals surface area contributed by atoms with Crippen LogP contribution in [0.5, 0.6) is 5.75 Å². The van der Waals surface area contributed by atoms with Gasteiger partial charge in [0.1, 0.15) is 5.75 Å². The lowest BCUT2D eigenvalue weighted by Crippen LogP contribution is -2.36. The van der Waals surface area contributed by atoms with Crippen LogP contribution in [-0.2, 0) is 6.42 Å². The van der Waals surface area contributed by atoms with Crippen LogP contribution in [0.3, 0.4) is 0 Å². The van der Waals surface area contributed by atoms with Gasteiger partial charge in [0.25, 0.3) is 0 Å². The summed E-state index contributed by atoms with van der Waals surface area (Å²) in [5, 5.41) is 27.2. The van der Waals surface area contributed by atoms with Gasteiger partial charge in [-0.2, -0.15) is 0 Å². The van der Waals surface area contributed by atoms with E-state index in [0.29, 0.717) is 11.7 Å². The molecule has 1 atom stereocenters. The maximum atomic E-state index is 12.4. The van der Waals surface area contributed by atoms with E-state index in [2.05, 4.69) is 26.2 Å². The Morgan fingerprint density at radius 3 is 2.79 bits per heavy atom. The monoisotopic (exact) mass is 392 g/mol. The highest BCUT2D eigenvalue weighted by atomic mass is 16.3. The molecule has 1 aliphatic carbocycles. The van der Waals surface area contributed by atoms with Crippen LogP contribution in [0.25, 0.3) is 11.4 Å². The summed E-state index contributed by atoms with van der Waals surface area (Å²) in [5.41, 5.74) is 2.69. The minimum Gasteiger partial charge on any atom is -0.508 e. The first-order valence-electron chi connectivity index (χ1n) is 9.82. The zero-order valence-corrected chi connectivity index (χ0v) is 16.2. The van der Waals surface area contributed by atoms with Crippen molar-refractivity contribution >= 4 is 11.7 Å². The fourth-order valence-electron chi connectivity index (χ4n) is 3.19. The van der Waals surface area contributed by atoms with Crippen molar-refractivity contribution in [1.29, 1.82) is 0 Å². The largest absolute Gasteiger partial charge is 0.508 e. The third-order valence-corrected chi connectivity index (χ3v) is 4.94. The Morgan fingerprint density at radius 2 is 2.03 bits per heavy atom. The molecule has 29 heavy (non-hydrogen) atoms. The number of hydrogen-bond donors (Lipinski definition) is 3. The number of phenolic OH excluding ortho intramolecular Hbond substituents is 1. The predicted molar refractivity (Wildman–Crippen MR) is 110 cm³/mol. The zero-order chi connectivity index (χ0) is 20.2. The van der Waals surface area contributed by atoms with Gasteiger partial charge in [0.2, 0.25) is 0 Å². The molecule has 150 valence electrons. The van der Waals surface area contributed by atoms with E-state index in [9.17, 15) is 9.90 Å². The van der Waals surface area contributed by atoms with Gasteiger partial charge >= 0.3 is 6.03 Å². The number of nitrogens with one attached hydrogen (secondary N) is 2. The van der Waals surface area contributed by atoms with Crippen molar-refractivity contribution in [2.45, 2.75) is 44.7 Å². The number of aryl methyl sites for hydroxylation is 1. The van der Waals surface area contributed by atoms with E-state index in [1.807, 2.05) is 48.0 Å². The zero-order valence-electron chi connectivity index (χ0n) is 16.2. The number of urea groups is 1. The summed E-state index contributed by atoms with van der Waals surface area (Å²) in [4.78, 5) is 12.4. The molecule has 2 amide bonds. The Labute approximate surface area is 168 Å². The molecule has 3 aromatic rings. The number of tetrazole rings is 1. The van der Waals surface area contributed by atoms with E-state index in [-0.39, 0.29) is 17.8 Å². The second-order valence-electron chi connectivity index (χ2n) is 7.46. The Balaban J connectivity index is 1.32. The summed E-state index contributed by atoms with van der Waals surface area (Å²) >= 11 is 0. The molecule has 0 bridgehead atoms. The number of anilines is 1. The molecule has 1 saturated carbocycles. The van der Waals surface area contributed by atoms with Crippen LogP contribution in [0.2, 0.25) is 0 Å². The molecule has 0 aliphatic heterocycles. The Bertz CT molecular complexity index is 981. The van der Waals surface area contributed by atoms with Gasteiger partial charge in [-0.3, -0.25) is 0 Å². The third kappa shape index (κ3) is 4.90. The maximum absolute atomic E-state index is 12.4. The molecule has 1 unspecified atom stereocenters. The second-order valence-corrected chi connectivity index (χ2v) is 7.46. The molecule has 0 saturated heterocycles. The Hall–Kier alpha value is -3.42. The van der Waals surface area contributed by atoms with Gasteiger partial charge in [0.05, 0.1) is 6.04 Å². The summed E-state index contributed by atoms with van der Waals surface area (Å²) in [6.07, 6.45) is 3.82. The average molecular weight is 392 g/mol. The summed E-state index contributed by atoms with van der Waals surface area (Å²) in [5.74, 6) is 0.978. The van der Waals surface area contributed by atoms with Gasteiger partial charge < -0.3 is 15.7 Å². The van der Waals surface area contributed by atoms with Crippen molar-refractivity contribution in [2.75, 3.05) is 5.32 Å². The number of nitrogens with zero attached hydrogens (tertiary/aromatic N) is 4. The number of aromatic nitrogens is 4. The number of phenols is 1. The van der Waals surface area contributed by atoms with Gasteiger partial charge in [-0.25, -0.2) is 9.48 Å². The van der Waals surface area contributed by atoms with Crippen molar-refractivity contribution in [3.05, 3.63) is 54.1 Å². The number of rotatable bonds is 7. The van der Waals surface area contributed by atoms with Crippen molar-refractivity contribution in [2.24, 2.45) is 0 Å². The fourth-order valence-corrected chi connectivity index (χ4v) is 3.19. The minimum atomic E-state index is -0.248. The van der Waals surface area contributed by atoms with E-state index < -0.39 is 0 Å². The minimum absolute atomic E-state index is 0.00847. The molecule has 0 radical (unpaired) electrons. The standard InChI is InChI=1S/C21H24N6O2/c1-14(5-6-15-7-11-19(28)12-8-15)22-21(29)23-17-4-2-3-16(13-17)20-24-25-26-27(20)18-9-10-18/h2-4,7-8,11-14,18,28H,5-6,9-10H2,1H3,(H2,22,23,29). The number of carbonyl (C=O) groups excluding carboxylic acids is 1. The molecular weight excluding hydrogens is 368 g/mol. The molecule has 3 N–H and O–H groups in total. The first-order chi connectivity index (χ1) is 14.1. The molecule has 8 heteroatoms. The van der Waals surface area contributed by atoms with Crippen LogP contribution < -0.4 is 10.6 Å². The van der Waals surface area contributed by atoms with E-state index in [4.69, 9.17) is 0 Å². The van der Waals surface area contributed by atoms with Crippen molar-refractivity contribution < 1.29 is 9.90 Å². The number of benzene rings is 2. The molecule has 0 spiro atoms. The van der Waals surface area contributed by atoms with Crippen LogP contribution in [0, 0.1) is 0 Å². The fraction of sp³-hybridized carbons (Fsp3) is 0.333. The molecule has 8 nitrogen and oxygen atoms in total. The lowest BCUT2D eigenvalue weighted by molar-refractivity contribution is 0.248. The van der Waals surface area contributed by atoms with Gasteiger partial charge in [0.15, 0.2) is 5.82 Å².